The number of allylic oxidation sites excluding steroid dienone is 1. The summed E-state index contributed by atoms with van der Waals surface area (Å²) in [5.41, 5.74) is 0.997. The van der Waals surface area contributed by atoms with Crippen LogP contribution in [0, 0.1) is 5.41 Å². The molecule has 0 saturated carbocycles. The first-order chi connectivity index (χ1) is 10.3. The number of carboxylic acid groups (broad SMARTS) is 1. The van der Waals surface area contributed by atoms with Crippen molar-refractivity contribution in [1.82, 2.24) is 0 Å². The van der Waals surface area contributed by atoms with E-state index in [1.807, 2.05) is 18.2 Å². The third kappa shape index (κ3) is 4.56. The van der Waals surface area contributed by atoms with Crippen LogP contribution in [0.4, 0.5) is 0 Å². The number of carbonyl (C=O) groups is 2. The molecule has 0 amide bonds. The van der Waals surface area contributed by atoms with Gasteiger partial charge in [0.05, 0.1) is 11.0 Å². The number of rotatable bonds is 7. The minimum atomic E-state index is -1.12. The number of hydrogen-bond donors (Lipinski definition) is 1. The van der Waals surface area contributed by atoms with Gasteiger partial charge in [-0.05, 0) is 45.6 Å². The average molecular weight is 320 g/mol. The third-order valence-corrected chi connectivity index (χ3v) is 4.19. The van der Waals surface area contributed by atoms with E-state index in [0.717, 1.165) is 18.4 Å². The third-order valence-electron chi connectivity index (χ3n) is 3.82. The molecular formula is C17H24O4Si. The topological polar surface area (TPSA) is 63.6 Å². The van der Waals surface area contributed by atoms with Gasteiger partial charge < -0.3 is 9.53 Å². The summed E-state index contributed by atoms with van der Waals surface area (Å²) in [5, 5.41) is 9.49. The fourth-order valence-electron chi connectivity index (χ4n) is 2.67. The fraction of sp³-hybridized carbons (Fsp3) is 0.412. The molecule has 0 spiro atoms. The van der Waals surface area contributed by atoms with E-state index in [2.05, 4.69) is 12.1 Å². The fourth-order valence-corrected chi connectivity index (χ4v) is 3.18. The van der Waals surface area contributed by atoms with Crippen LogP contribution in [0.15, 0.2) is 41.5 Å². The Morgan fingerprint density at radius 3 is 2.32 bits per heavy atom. The zero-order valence-corrected chi connectivity index (χ0v) is 15.7. The van der Waals surface area contributed by atoms with Crippen molar-refractivity contribution < 1.29 is 19.1 Å². The maximum absolute atomic E-state index is 11.9. The highest BCUT2D eigenvalue weighted by atomic mass is 28.2. The molecule has 120 valence electrons. The van der Waals surface area contributed by atoms with Crippen molar-refractivity contribution in [2.45, 2.75) is 40.0 Å². The summed E-state index contributed by atoms with van der Waals surface area (Å²) in [6.07, 6.45) is 2.38. The van der Waals surface area contributed by atoms with Crippen LogP contribution in [0.25, 0.3) is 0 Å². The molecule has 0 aliphatic heterocycles. The van der Waals surface area contributed by atoms with E-state index in [4.69, 9.17) is 4.43 Å². The molecule has 0 heterocycles. The van der Waals surface area contributed by atoms with Crippen molar-refractivity contribution in [2.24, 2.45) is 5.41 Å². The van der Waals surface area contributed by atoms with Gasteiger partial charge in [0.1, 0.15) is 0 Å². The molecule has 0 bridgehead atoms. The van der Waals surface area contributed by atoms with Gasteiger partial charge in [0.2, 0.25) is 10.5 Å². The van der Waals surface area contributed by atoms with Gasteiger partial charge in [0, 0.05) is 0 Å². The van der Waals surface area contributed by atoms with Crippen LogP contribution in [-0.2, 0) is 20.4 Å². The highest BCUT2D eigenvalue weighted by molar-refractivity contribution is 6.08. The molecular weight excluding hydrogens is 296 g/mol. The SMILES string of the molecule is CC(CCCc1ccccc1)=C(C(=O)O)C(C)(C)C(=O)O[SiH3]. The molecule has 0 unspecified atom stereocenters. The van der Waals surface area contributed by atoms with Crippen molar-refractivity contribution in [3.63, 3.8) is 0 Å². The monoisotopic (exact) mass is 320 g/mol. The standard InChI is InChI=1S/C17H24O4Si/c1-12(8-7-11-13-9-5-4-6-10-13)14(15(18)19)17(2,3)16(20)21-22/h4-6,9-10H,7-8,11H2,1-3,22H3,(H,18,19). The van der Waals surface area contributed by atoms with Crippen LogP contribution in [0.1, 0.15) is 39.2 Å². The molecule has 0 saturated heterocycles. The predicted molar refractivity (Wildman–Crippen MR) is 89.5 cm³/mol. The molecule has 1 aromatic rings. The molecule has 0 aliphatic rings. The van der Waals surface area contributed by atoms with Gasteiger partial charge in [0.25, 0.3) is 0 Å². The molecule has 22 heavy (non-hydrogen) atoms. The van der Waals surface area contributed by atoms with Crippen LogP contribution >= 0.6 is 0 Å². The number of carboxylic acids is 1. The second kappa shape index (κ2) is 7.94. The smallest absolute Gasteiger partial charge is 0.332 e. The molecule has 1 aromatic carbocycles. The Morgan fingerprint density at radius 1 is 1.23 bits per heavy atom. The van der Waals surface area contributed by atoms with Crippen molar-refractivity contribution in [3.8, 4) is 0 Å². The van der Waals surface area contributed by atoms with E-state index < -0.39 is 17.4 Å². The Bertz CT molecular complexity index is 561. The number of aryl methyl sites for hydroxylation is 1. The molecule has 5 heteroatoms. The van der Waals surface area contributed by atoms with Gasteiger partial charge in [0.15, 0.2) is 0 Å². The summed E-state index contributed by atoms with van der Waals surface area (Å²) in [6.45, 7) is 5.01. The van der Waals surface area contributed by atoms with Gasteiger partial charge >= 0.3 is 11.9 Å². The van der Waals surface area contributed by atoms with E-state index in [-0.39, 0.29) is 16.1 Å². The first kappa shape index (κ1) is 18.2. The number of carbonyl (C=O) groups excluding carboxylic acids is 1. The Morgan fingerprint density at radius 2 is 1.82 bits per heavy atom. The molecule has 0 aromatic heterocycles. The average Bonchev–Trinajstić information content (AvgIpc) is 2.46. The quantitative estimate of drug-likeness (QED) is 0.618. The molecule has 0 fully saturated rings. The van der Waals surface area contributed by atoms with Crippen LogP contribution in [0.2, 0.25) is 0 Å². The minimum Gasteiger partial charge on any atom is -0.528 e. The summed E-state index contributed by atoms with van der Waals surface area (Å²) in [5.74, 6) is -1.52. The highest BCUT2D eigenvalue weighted by Crippen LogP contribution is 2.32. The zero-order valence-electron chi connectivity index (χ0n) is 13.7. The molecule has 1 rings (SSSR count). The van der Waals surface area contributed by atoms with Gasteiger partial charge in [-0.25, -0.2) is 4.79 Å². The second-order valence-corrected chi connectivity index (χ2v) is 6.32. The summed E-state index contributed by atoms with van der Waals surface area (Å²) in [4.78, 5) is 23.5. The van der Waals surface area contributed by atoms with Crippen molar-refractivity contribution in [2.75, 3.05) is 0 Å². The van der Waals surface area contributed by atoms with E-state index in [1.165, 1.54) is 5.56 Å². The largest absolute Gasteiger partial charge is 0.528 e. The minimum absolute atomic E-state index is 0.154. The lowest BCUT2D eigenvalue weighted by atomic mass is 9.80. The van der Waals surface area contributed by atoms with Crippen molar-refractivity contribution in [1.29, 1.82) is 0 Å². The summed E-state index contributed by atoms with van der Waals surface area (Å²) >= 11 is 0. The number of hydrogen-bond acceptors (Lipinski definition) is 3. The molecule has 0 radical (unpaired) electrons. The van der Waals surface area contributed by atoms with E-state index >= 15 is 0 Å². The zero-order chi connectivity index (χ0) is 16.8. The van der Waals surface area contributed by atoms with Crippen LogP contribution in [0.3, 0.4) is 0 Å². The van der Waals surface area contributed by atoms with Crippen LogP contribution in [0.5, 0.6) is 0 Å². The lowest BCUT2D eigenvalue weighted by molar-refractivity contribution is -0.145. The van der Waals surface area contributed by atoms with Crippen molar-refractivity contribution in [3.05, 3.63) is 47.0 Å². The second-order valence-electron chi connectivity index (χ2n) is 5.92. The lowest BCUT2D eigenvalue weighted by Crippen LogP contribution is -2.32. The van der Waals surface area contributed by atoms with Gasteiger partial charge in [-0.1, -0.05) is 35.9 Å². The molecule has 1 N–H and O–H groups in total. The van der Waals surface area contributed by atoms with E-state index in [9.17, 15) is 14.7 Å². The number of aliphatic carboxylic acids is 1. The molecule has 0 aliphatic carbocycles. The Balaban J connectivity index is 2.86. The van der Waals surface area contributed by atoms with Crippen LogP contribution < -0.4 is 0 Å². The lowest BCUT2D eigenvalue weighted by Gasteiger charge is -2.25. The first-order valence-corrected chi connectivity index (χ1v) is 8.18. The molecule has 0 atom stereocenters. The summed E-state index contributed by atoms with van der Waals surface area (Å²) in [7, 11) is 0.262. The van der Waals surface area contributed by atoms with E-state index in [0.29, 0.717) is 6.42 Å². The maximum atomic E-state index is 11.9. The first-order valence-electron chi connectivity index (χ1n) is 7.36. The van der Waals surface area contributed by atoms with Crippen LogP contribution in [-0.4, -0.2) is 27.5 Å². The Kier molecular flexibility index (Phi) is 6.55. The Hall–Kier alpha value is -1.88. The maximum Gasteiger partial charge on any atom is 0.332 e. The predicted octanol–water partition coefficient (Wildman–Crippen LogP) is 2.26. The summed E-state index contributed by atoms with van der Waals surface area (Å²) in [6, 6.07) is 10.1. The van der Waals surface area contributed by atoms with Gasteiger partial charge in [-0.2, -0.15) is 0 Å². The van der Waals surface area contributed by atoms with Gasteiger partial charge in [-0.3, -0.25) is 4.79 Å². The van der Waals surface area contributed by atoms with Crippen molar-refractivity contribution >= 4 is 22.4 Å². The highest BCUT2D eigenvalue weighted by Gasteiger charge is 2.38. The number of benzene rings is 1. The normalized spacial score (nSPS) is 12.7. The Labute approximate surface area is 134 Å². The summed E-state index contributed by atoms with van der Waals surface area (Å²) < 4.78 is 4.87. The van der Waals surface area contributed by atoms with Gasteiger partial charge in [-0.15, -0.1) is 0 Å². The molecule has 4 nitrogen and oxygen atoms in total. The van der Waals surface area contributed by atoms with E-state index in [1.54, 1.807) is 20.8 Å².